The maximum atomic E-state index is 11.5. The van der Waals surface area contributed by atoms with Crippen molar-refractivity contribution in [3.8, 4) is 0 Å². The fraction of sp³-hybridized carbons (Fsp3) is 0. The van der Waals surface area contributed by atoms with Crippen LogP contribution in [0.3, 0.4) is 0 Å². The summed E-state index contributed by atoms with van der Waals surface area (Å²) in [7, 11) is 0. The zero-order valence-corrected chi connectivity index (χ0v) is 10.8. The van der Waals surface area contributed by atoms with Crippen LogP contribution in [0.15, 0.2) is 39.0 Å². The van der Waals surface area contributed by atoms with E-state index in [2.05, 4.69) is 8.75 Å². The number of hydrogen-bond donors (Lipinski definition) is 0. The molecule has 1 heterocycles. The fourth-order valence-corrected chi connectivity index (χ4v) is 2.59. The van der Waals surface area contributed by atoms with Gasteiger partial charge in [0.2, 0.25) is 5.43 Å². The summed E-state index contributed by atoms with van der Waals surface area (Å²) >= 11 is 13.5. The first kappa shape index (κ1) is 11.9. The molecule has 0 unspecified atom stereocenters. The first-order valence-electron chi connectivity index (χ1n) is 4.12. The summed E-state index contributed by atoms with van der Waals surface area (Å²) in [5.41, 5.74) is -0.347. The van der Waals surface area contributed by atoms with Crippen LogP contribution in [0.5, 0.6) is 0 Å². The third kappa shape index (κ3) is 2.74. The molecule has 0 fully saturated rings. The van der Waals surface area contributed by atoms with Gasteiger partial charge in [-0.25, -0.2) is 0 Å². The average molecular weight is 291 g/mol. The van der Waals surface area contributed by atoms with Gasteiger partial charge in [-0.1, -0.05) is 35.0 Å². The fourth-order valence-electron chi connectivity index (χ4n) is 0.944. The number of aromatic nitrogens is 2. The molecule has 0 amide bonds. The lowest BCUT2D eigenvalue weighted by molar-refractivity contribution is 1.15. The van der Waals surface area contributed by atoms with Gasteiger partial charge in [-0.15, -0.1) is 0 Å². The Morgan fingerprint density at radius 3 is 2.50 bits per heavy atom. The van der Waals surface area contributed by atoms with Crippen LogP contribution in [-0.2, 0) is 0 Å². The molecule has 7 heteroatoms. The summed E-state index contributed by atoms with van der Waals surface area (Å²) < 4.78 is 7.56. The highest BCUT2D eigenvalue weighted by molar-refractivity contribution is 7.99. The van der Waals surface area contributed by atoms with Gasteiger partial charge in [0.1, 0.15) is 0 Å². The molecule has 0 aliphatic heterocycles. The number of halogens is 2. The molecule has 0 aliphatic rings. The molecule has 2 rings (SSSR count). The van der Waals surface area contributed by atoms with Gasteiger partial charge in [0.05, 0.1) is 11.7 Å². The standard InChI is InChI=1S/C9H4Cl2N2OS2/c10-5-1-3-6(4-2-5)15-9-7(14)8(11)12-16-13-9/h1-4H. The van der Waals surface area contributed by atoms with E-state index >= 15 is 0 Å². The van der Waals surface area contributed by atoms with E-state index in [1.54, 1.807) is 12.1 Å². The quantitative estimate of drug-likeness (QED) is 0.851. The summed E-state index contributed by atoms with van der Waals surface area (Å²) in [6, 6.07) is 7.13. The van der Waals surface area contributed by atoms with Gasteiger partial charge in [-0.3, -0.25) is 4.79 Å². The van der Waals surface area contributed by atoms with Gasteiger partial charge >= 0.3 is 0 Å². The van der Waals surface area contributed by atoms with Crippen molar-refractivity contribution in [2.75, 3.05) is 0 Å². The van der Waals surface area contributed by atoms with Gasteiger partial charge < -0.3 is 0 Å². The molecular weight excluding hydrogens is 287 g/mol. The van der Waals surface area contributed by atoms with Crippen LogP contribution < -0.4 is 5.43 Å². The summed E-state index contributed by atoms with van der Waals surface area (Å²) in [6.45, 7) is 0. The summed E-state index contributed by atoms with van der Waals surface area (Å²) in [5, 5.41) is 0.930. The van der Waals surface area contributed by atoms with Gasteiger partial charge in [0.25, 0.3) is 0 Å². The van der Waals surface area contributed by atoms with Gasteiger partial charge in [-0.05, 0) is 24.3 Å². The molecule has 3 nitrogen and oxygen atoms in total. The van der Waals surface area contributed by atoms with Gasteiger partial charge in [0.15, 0.2) is 10.2 Å². The molecule has 1 aromatic carbocycles. The lowest BCUT2D eigenvalue weighted by Crippen LogP contribution is -2.06. The zero-order valence-electron chi connectivity index (χ0n) is 7.68. The highest BCUT2D eigenvalue weighted by atomic mass is 35.5. The highest BCUT2D eigenvalue weighted by Gasteiger charge is 2.08. The van der Waals surface area contributed by atoms with Crippen molar-refractivity contribution < 1.29 is 0 Å². The molecule has 82 valence electrons. The first-order chi connectivity index (χ1) is 7.66. The van der Waals surface area contributed by atoms with Crippen molar-refractivity contribution in [3.63, 3.8) is 0 Å². The van der Waals surface area contributed by atoms with Crippen LogP contribution in [-0.4, -0.2) is 8.75 Å². The first-order valence-corrected chi connectivity index (χ1v) is 6.43. The second kappa shape index (κ2) is 5.14. The molecule has 16 heavy (non-hydrogen) atoms. The van der Waals surface area contributed by atoms with Crippen LogP contribution in [0.4, 0.5) is 0 Å². The Morgan fingerprint density at radius 2 is 1.81 bits per heavy atom. The summed E-state index contributed by atoms with van der Waals surface area (Å²) in [5.74, 6) is 0. The second-order valence-corrected chi connectivity index (χ2v) is 5.13. The molecule has 0 saturated heterocycles. The third-order valence-corrected chi connectivity index (χ3v) is 3.88. The predicted octanol–water partition coefficient (Wildman–Crippen LogP) is 3.36. The molecule has 0 saturated carbocycles. The number of nitrogens with zero attached hydrogens (tertiary/aromatic N) is 2. The smallest absolute Gasteiger partial charge is 0.250 e. The van der Waals surface area contributed by atoms with Gasteiger partial charge in [-0.2, -0.15) is 8.75 Å². The second-order valence-electron chi connectivity index (χ2n) is 2.75. The van der Waals surface area contributed by atoms with E-state index in [0.29, 0.717) is 10.0 Å². The Labute approximate surface area is 110 Å². The minimum absolute atomic E-state index is 0.0449. The van der Waals surface area contributed by atoms with Crippen molar-refractivity contribution in [2.45, 2.75) is 9.92 Å². The number of hydrogen-bond acceptors (Lipinski definition) is 5. The van der Waals surface area contributed by atoms with Crippen molar-refractivity contribution in [2.24, 2.45) is 0 Å². The summed E-state index contributed by atoms with van der Waals surface area (Å²) in [6.07, 6.45) is 0. The maximum Gasteiger partial charge on any atom is 0.250 e. The summed E-state index contributed by atoms with van der Waals surface area (Å²) in [4.78, 5) is 12.4. The lowest BCUT2D eigenvalue weighted by atomic mass is 10.4. The van der Waals surface area contributed by atoms with Crippen molar-refractivity contribution in [1.82, 2.24) is 8.75 Å². The molecule has 0 radical (unpaired) electrons. The Kier molecular flexibility index (Phi) is 3.81. The molecule has 2 aromatic rings. The molecule has 0 N–H and O–H groups in total. The Balaban J connectivity index is 2.31. The maximum absolute atomic E-state index is 11.5. The van der Waals surface area contributed by atoms with Gasteiger partial charge in [0, 0.05) is 9.92 Å². The minimum atomic E-state index is -0.347. The molecule has 0 bridgehead atoms. The van der Waals surface area contributed by atoms with E-state index in [9.17, 15) is 4.79 Å². The molecule has 0 atom stereocenters. The SMILES string of the molecule is O=c1c(Cl)nsnc1Sc1ccc(Cl)cc1. The lowest BCUT2D eigenvalue weighted by Gasteiger charge is -1.98. The third-order valence-electron chi connectivity index (χ3n) is 1.65. The minimum Gasteiger partial charge on any atom is -0.283 e. The monoisotopic (exact) mass is 290 g/mol. The van der Waals surface area contributed by atoms with E-state index in [1.165, 1.54) is 11.8 Å². The normalized spacial score (nSPS) is 10.4. The van der Waals surface area contributed by atoms with E-state index in [1.807, 2.05) is 12.1 Å². The van der Waals surface area contributed by atoms with Crippen molar-refractivity contribution in [3.05, 3.63) is 44.7 Å². The van der Waals surface area contributed by atoms with Crippen molar-refractivity contribution >= 4 is 46.7 Å². The molecular formula is C9H4Cl2N2OS2. The molecule has 0 spiro atoms. The van der Waals surface area contributed by atoms with Crippen LogP contribution in [0, 0.1) is 0 Å². The van der Waals surface area contributed by atoms with Crippen LogP contribution >= 0.6 is 46.7 Å². The van der Waals surface area contributed by atoms with E-state index in [-0.39, 0.29) is 10.6 Å². The Hall–Kier alpha value is -0.620. The predicted molar refractivity (Wildman–Crippen MR) is 66.8 cm³/mol. The van der Waals surface area contributed by atoms with E-state index in [4.69, 9.17) is 23.2 Å². The van der Waals surface area contributed by atoms with Crippen LogP contribution in [0.25, 0.3) is 0 Å². The highest BCUT2D eigenvalue weighted by Crippen LogP contribution is 2.25. The topological polar surface area (TPSA) is 42.9 Å². The van der Waals surface area contributed by atoms with E-state index < -0.39 is 0 Å². The number of benzene rings is 1. The van der Waals surface area contributed by atoms with Crippen LogP contribution in [0.1, 0.15) is 0 Å². The molecule has 0 aliphatic carbocycles. The van der Waals surface area contributed by atoms with Crippen LogP contribution in [0.2, 0.25) is 10.2 Å². The molecule has 1 aromatic heterocycles. The van der Waals surface area contributed by atoms with Crippen molar-refractivity contribution in [1.29, 1.82) is 0 Å². The Morgan fingerprint density at radius 1 is 1.12 bits per heavy atom. The van der Waals surface area contributed by atoms with E-state index in [0.717, 1.165) is 16.6 Å². The largest absolute Gasteiger partial charge is 0.283 e. The zero-order chi connectivity index (χ0) is 11.5. The average Bonchev–Trinajstić information content (AvgIpc) is 2.28. The number of rotatable bonds is 2. The Bertz CT molecular complexity index is 556.